The molecule has 3 heterocycles. The van der Waals surface area contributed by atoms with Crippen LogP contribution in [-0.4, -0.2) is 56.7 Å². The molecule has 7 nitrogen and oxygen atoms in total. The largest absolute Gasteiger partial charge is 0.354 e. The molecule has 1 aliphatic heterocycles. The van der Waals surface area contributed by atoms with Crippen LogP contribution in [0.3, 0.4) is 0 Å². The molecular weight excluding hydrogens is 436 g/mol. The highest BCUT2D eigenvalue weighted by molar-refractivity contribution is 5.95. The van der Waals surface area contributed by atoms with E-state index >= 15 is 0 Å². The van der Waals surface area contributed by atoms with Crippen LogP contribution in [0.2, 0.25) is 0 Å². The van der Waals surface area contributed by atoms with Gasteiger partial charge in [0.2, 0.25) is 0 Å². The number of hydrogen-bond acceptors (Lipinski definition) is 5. The fourth-order valence-electron chi connectivity index (χ4n) is 4.71. The van der Waals surface area contributed by atoms with Crippen LogP contribution in [0.4, 0.5) is 5.82 Å². The Morgan fingerprint density at radius 3 is 2.49 bits per heavy atom. The van der Waals surface area contributed by atoms with Crippen molar-refractivity contribution in [3.05, 3.63) is 77.7 Å². The summed E-state index contributed by atoms with van der Waals surface area (Å²) < 4.78 is 1.90. The summed E-state index contributed by atoms with van der Waals surface area (Å²) in [5.74, 6) is 2.30. The van der Waals surface area contributed by atoms with Gasteiger partial charge in [0.05, 0.1) is 17.3 Å². The third kappa shape index (κ3) is 4.76. The number of carbonyl (C=O) groups is 1. The van der Waals surface area contributed by atoms with Gasteiger partial charge in [-0.25, -0.2) is 14.6 Å². The third-order valence-corrected chi connectivity index (χ3v) is 6.50. The van der Waals surface area contributed by atoms with Gasteiger partial charge in [0.25, 0.3) is 5.91 Å². The standard InChI is InChI=1S/C28H32N6O/c1-20(2)18-25-30-26(24-19-29-34(27(24)31-25)22-11-5-4-6-12-22)32-14-9-15-33(17-16-32)28(35)23-13-8-7-10-21(23)3/h4-8,10-13,19-20H,9,14-18H2,1-3H3. The van der Waals surface area contributed by atoms with Gasteiger partial charge in [-0.05, 0) is 43.0 Å². The van der Waals surface area contributed by atoms with Crippen LogP contribution in [0.25, 0.3) is 16.7 Å². The highest BCUT2D eigenvalue weighted by atomic mass is 16.2. The summed E-state index contributed by atoms with van der Waals surface area (Å²) >= 11 is 0. The number of nitrogens with zero attached hydrogens (tertiary/aromatic N) is 6. The minimum atomic E-state index is 0.107. The van der Waals surface area contributed by atoms with Gasteiger partial charge in [0.1, 0.15) is 11.6 Å². The number of amides is 1. The van der Waals surface area contributed by atoms with Crippen molar-refractivity contribution >= 4 is 22.8 Å². The average molecular weight is 469 g/mol. The van der Waals surface area contributed by atoms with E-state index < -0.39 is 0 Å². The van der Waals surface area contributed by atoms with Gasteiger partial charge in [-0.15, -0.1) is 0 Å². The number of aryl methyl sites for hydroxylation is 1. The Bertz CT molecular complexity index is 1330. The molecule has 2 aromatic carbocycles. The van der Waals surface area contributed by atoms with E-state index in [1.54, 1.807) is 0 Å². The Morgan fingerprint density at radius 2 is 1.71 bits per heavy atom. The molecule has 1 aliphatic rings. The number of para-hydroxylation sites is 1. The number of carbonyl (C=O) groups excluding carboxylic acids is 1. The maximum atomic E-state index is 13.2. The van der Waals surface area contributed by atoms with Gasteiger partial charge in [0.15, 0.2) is 5.65 Å². The predicted octanol–water partition coefficient (Wildman–Crippen LogP) is 4.67. The zero-order valence-electron chi connectivity index (χ0n) is 20.7. The van der Waals surface area contributed by atoms with Gasteiger partial charge in [-0.3, -0.25) is 4.79 Å². The second-order valence-corrected chi connectivity index (χ2v) is 9.64. The lowest BCUT2D eigenvalue weighted by Gasteiger charge is -2.24. The summed E-state index contributed by atoms with van der Waals surface area (Å²) in [7, 11) is 0. The molecule has 0 atom stereocenters. The smallest absolute Gasteiger partial charge is 0.254 e. The summed E-state index contributed by atoms with van der Waals surface area (Å²) in [6.07, 6.45) is 3.56. The van der Waals surface area contributed by atoms with Crippen LogP contribution in [0, 0.1) is 12.8 Å². The maximum Gasteiger partial charge on any atom is 0.254 e. The molecule has 0 N–H and O–H groups in total. The minimum absolute atomic E-state index is 0.107. The van der Waals surface area contributed by atoms with Crippen LogP contribution in [0.1, 0.15) is 42.0 Å². The van der Waals surface area contributed by atoms with Gasteiger partial charge in [0, 0.05) is 38.2 Å². The minimum Gasteiger partial charge on any atom is -0.354 e. The van der Waals surface area contributed by atoms with Crippen molar-refractivity contribution in [3.63, 3.8) is 0 Å². The van der Waals surface area contributed by atoms with Crippen LogP contribution in [-0.2, 0) is 6.42 Å². The van der Waals surface area contributed by atoms with E-state index in [1.807, 2.05) is 77.3 Å². The first-order valence-electron chi connectivity index (χ1n) is 12.4. The molecule has 5 rings (SSSR count). The first kappa shape index (κ1) is 23.0. The number of fused-ring (bicyclic) bond motifs is 1. The Kier molecular flexibility index (Phi) is 6.49. The average Bonchev–Trinajstić information content (AvgIpc) is 3.12. The molecule has 180 valence electrons. The first-order chi connectivity index (χ1) is 17.0. The molecule has 1 fully saturated rings. The molecule has 1 saturated heterocycles. The van der Waals surface area contributed by atoms with Crippen LogP contribution in [0.15, 0.2) is 60.8 Å². The highest BCUT2D eigenvalue weighted by Crippen LogP contribution is 2.27. The normalized spacial score (nSPS) is 14.5. The van der Waals surface area contributed by atoms with Crippen LogP contribution < -0.4 is 4.90 Å². The van der Waals surface area contributed by atoms with Gasteiger partial charge in [-0.2, -0.15) is 5.10 Å². The van der Waals surface area contributed by atoms with E-state index in [4.69, 9.17) is 9.97 Å². The van der Waals surface area contributed by atoms with Crippen molar-refractivity contribution in [3.8, 4) is 5.69 Å². The van der Waals surface area contributed by atoms with E-state index in [0.29, 0.717) is 12.5 Å². The molecule has 0 saturated carbocycles. The highest BCUT2D eigenvalue weighted by Gasteiger charge is 2.24. The second kappa shape index (κ2) is 9.86. The lowest BCUT2D eigenvalue weighted by atomic mass is 10.1. The van der Waals surface area contributed by atoms with Crippen molar-refractivity contribution in [2.45, 2.75) is 33.6 Å². The lowest BCUT2D eigenvalue weighted by molar-refractivity contribution is 0.0766. The van der Waals surface area contributed by atoms with Crippen molar-refractivity contribution in [2.75, 3.05) is 31.1 Å². The van der Waals surface area contributed by atoms with E-state index in [0.717, 1.165) is 72.0 Å². The fourth-order valence-corrected chi connectivity index (χ4v) is 4.71. The van der Waals surface area contributed by atoms with Gasteiger partial charge < -0.3 is 9.80 Å². The summed E-state index contributed by atoms with van der Waals surface area (Å²) in [4.78, 5) is 27.4. The molecule has 1 amide bonds. The van der Waals surface area contributed by atoms with Crippen molar-refractivity contribution < 1.29 is 4.79 Å². The molecule has 0 aliphatic carbocycles. The monoisotopic (exact) mass is 468 g/mol. The van der Waals surface area contributed by atoms with Crippen molar-refractivity contribution in [1.29, 1.82) is 0 Å². The SMILES string of the molecule is Cc1ccccc1C(=O)N1CCCN(c2nc(CC(C)C)nc3c2cnn3-c2ccccc2)CC1. The molecule has 4 aromatic rings. The molecule has 0 bridgehead atoms. The molecule has 2 aromatic heterocycles. The van der Waals surface area contributed by atoms with E-state index in [1.165, 1.54) is 0 Å². The molecule has 0 unspecified atom stereocenters. The second-order valence-electron chi connectivity index (χ2n) is 9.64. The Morgan fingerprint density at radius 1 is 0.943 bits per heavy atom. The summed E-state index contributed by atoms with van der Waals surface area (Å²) in [6, 6.07) is 17.9. The van der Waals surface area contributed by atoms with E-state index in [9.17, 15) is 4.79 Å². The summed E-state index contributed by atoms with van der Waals surface area (Å²) in [5, 5.41) is 5.62. The lowest BCUT2D eigenvalue weighted by Crippen LogP contribution is -2.35. The van der Waals surface area contributed by atoms with E-state index in [2.05, 4.69) is 23.8 Å². The molecule has 7 heteroatoms. The Balaban J connectivity index is 1.47. The van der Waals surface area contributed by atoms with Crippen molar-refractivity contribution in [2.24, 2.45) is 5.92 Å². The Hall–Kier alpha value is -3.74. The number of anilines is 1. The topological polar surface area (TPSA) is 67.2 Å². The summed E-state index contributed by atoms with van der Waals surface area (Å²) in [6.45, 7) is 9.31. The third-order valence-electron chi connectivity index (χ3n) is 6.50. The number of rotatable bonds is 5. The van der Waals surface area contributed by atoms with Crippen LogP contribution >= 0.6 is 0 Å². The number of hydrogen-bond donors (Lipinski definition) is 0. The van der Waals surface area contributed by atoms with Gasteiger partial charge in [-0.1, -0.05) is 50.2 Å². The van der Waals surface area contributed by atoms with Crippen LogP contribution in [0.5, 0.6) is 0 Å². The Labute approximate surface area is 206 Å². The zero-order valence-corrected chi connectivity index (χ0v) is 20.7. The number of aromatic nitrogens is 4. The molecule has 0 radical (unpaired) electrons. The molecule has 0 spiro atoms. The first-order valence-corrected chi connectivity index (χ1v) is 12.4. The van der Waals surface area contributed by atoms with Crippen molar-refractivity contribution in [1.82, 2.24) is 24.6 Å². The fraction of sp³-hybridized carbons (Fsp3) is 0.357. The maximum absolute atomic E-state index is 13.2. The summed E-state index contributed by atoms with van der Waals surface area (Å²) in [5.41, 5.74) is 3.61. The predicted molar refractivity (Wildman–Crippen MR) is 139 cm³/mol. The quantitative estimate of drug-likeness (QED) is 0.426. The molecular formula is C28H32N6O. The van der Waals surface area contributed by atoms with Gasteiger partial charge >= 0.3 is 0 Å². The molecule has 35 heavy (non-hydrogen) atoms. The zero-order chi connectivity index (χ0) is 24.4. The number of benzene rings is 2. The van der Waals surface area contributed by atoms with E-state index in [-0.39, 0.29) is 5.91 Å².